The van der Waals surface area contributed by atoms with Crippen LogP contribution in [0, 0.1) is 13.8 Å². The summed E-state index contributed by atoms with van der Waals surface area (Å²) in [6.07, 6.45) is 1.78. The number of rotatable bonds is 4. The quantitative estimate of drug-likeness (QED) is 0.473. The van der Waals surface area contributed by atoms with E-state index in [1.54, 1.807) is 6.20 Å². The fraction of sp³-hybridized carbons (Fsp3) is 0.0952. The molecule has 6 heteroatoms. The molecule has 5 nitrogen and oxygen atoms in total. The standard InChI is InChI=1S/C21H18ClN5/c1-13-8-9-16(22)12-18(13)25-19-11-14(2)24-21(27-19)26-17-7-3-5-15-6-4-10-23-20(15)17/h3-12H,1-2H3,(H2,24,25,26,27). The average molecular weight is 376 g/mol. The van der Waals surface area contributed by atoms with Crippen molar-refractivity contribution in [3.05, 3.63) is 77.1 Å². The Hall–Kier alpha value is -3.18. The summed E-state index contributed by atoms with van der Waals surface area (Å²) in [6.45, 7) is 3.96. The van der Waals surface area contributed by atoms with E-state index in [0.29, 0.717) is 16.8 Å². The summed E-state index contributed by atoms with van der Waals surface area (Å²) >= 11 is 6.12. The average Bonchev–Trinajstić information content (AvgIpc) is 2.65. The third-order valence-corrected chi connectivity index (χ3v) is 4.43. The van der Waals surface area contributed by atoms with Crippen molar-refractivity contribution in [2.75, 3.05) is 10.6 Å². The summed E-state index contributed by atoms with van der Waals surface area (Å²) in [6, 6.07) is 17.5. The zero-order chi connectivity index (χ0) is 18.8. The van der Waals surface area contributed by atoms with Crippen molar-refractivity contribution in [1.82, 2.24) is 15.0 Å². The number of aromatic nitrogens is 3. The van der Waals surface area contributed by atoms with Gasteiger partial charge in [-0.05, 0) is 43.7 Å². The van der Waals surface area contributed by atoms with Crippen molar-refractivity contribution in [3.8, 4) is 0 Å². The van der Waals surface area contributed by atoms with Crippen molar-refractivity contribution in [2.45, 2.75) is 13.8 Å². The molecule has 0 aliphatic heterocycles. The van der Waals surface area contributed by atoms with Crippen LogP contribution in [0.25, 0.3) is 10.9 Å². The van der Waals surface area contributed by atoms with Crippen LogP contribution in [0.15, 0.2) is 60.8 Å². The molecule has 4 rings (SSSR count). The lowest BCUT2D eigenvalue weighted by atomic mass is 10.2. The molecule has 0 spiro atoms. The van der Waals surface area contributed by atoms with Gasteiger partial charge < -0.3 is 10.6 Å². The van der Waals surface area contributed by atoms with Crippen LogP contribution in [0.4, 0.5) is 23.1 Å². The second-order valence-corrected chi connectivity index (χ2v) is 6.74. The Morgan fingerprint density at radius 2 is 1.70 bits per heavy atom. The zero-order valence-electron chi connectivity index (χ0n) is 15.0. The molecule has 2 heterocycles. The van der Waals surface area contributed by atoms with E-state index in [1.165, 1.54) is 0 Å². The molecule has 2 N–H and O–H groups in total. The van der Waals surface area contributed by atoms with Gasteiger partial charge in [-0.1, -0.05) is 35.9 Å². The molecule has 0 saturated heterocycles. The van der Waals surface area contributed by atoms with Gasteiger partial charge >= 0.3 is 0 Å². The van der Waals surface area contributed by atoms with Gasteiger partial charge in [0, 0.05) is 34.1 Å². The first-order valence-electron chi connectivity index (χ1n) is 8.58. The third-order valence-electron chi connectivity index (χ3n) is 4.20. The summed E-state index contributed by atoms with van der Waals surface area (Å²) in [5.74, 6) is 1.21. The minimum absolute atomic E-state index is 0.510. The molecule has 0 aliphatic rings. The van der Waals surface area contributed by atoms with Crippen LogP contribution in [0.2, 0.25) is 5.02 Å². The van der Waals surface area contributed by atoms with Gasteiger partial charge in [-0.2, -0.15) is 4.98 Å². The maximum absolute atomic E-state index is 6.12. The molecule has 0 aliphatic carbocycles. The van der Waals surface area contributed by atoms with Crippen LogP contribution < -0.4 is 10.6 Å². The molecule has 0 bridgehead atoms. The molecular weight excluding hydrogens is 358 g/mol. The molecule has 27 heavy (non-hydrogen) atoms. The number of pyridine rings is 1. The highest BCUT2D eigenvalue weighted by Crippen LogP contribution is 2.26. The minimum atomic E-state index is 0.510. The van der Waals surface area contributed by atoms with E-state index in [4.69, 9.17) is 11.6 Å². The van der Waals surface area contributed by atoms with Crippen molar-refractivity contribution >= 4 is 45.6 Å². The maximum atomic E-state index is 6.12. The molecule has 0 radical (unpaired) electrons. The van der Waals surface area contributed by atoms with E-state index in [0.717, 1.165) is 33.5 Å². The van der Waals surface area contributed by atoms with Gasteiger partial charge in [0.25, 0.3) is 0 Å². The van der Waals surface area contributed by atoms with Crippen LogP contribution in [0.5, 0.6) is 0 Å². The normalized spacial score (nSPS) is 10.8. The van der Waals surface area contributed by atoms with Crippen LogP contribution >= 0.6 is 11.6 Å². The van der Waals surface area contributed by atoms with Crippen LogP contribution in [-0.2, 0) is 0 Å². The number of para-hydroxylation sites is 1. The molecule has 0 fully saturated rings. The van der Waals surface area contributed by atoms with Crippen molar-refractivity contribution in [3.63, 3.8) is 0 Å². The first kappa shape index (κ1) is 17.2. The predicted octanol–water partition coefficient (Wildman–Crippen LogP) is 5.78. The van der Waals surface area contributed by atoms with Crippen LogP contribution in [0.3, 0.4) is 0 Å². The number of benzene rings is 2. The fourth-order valence-electron chi connectivity index (χ4n) is 2.88. The van der Waals surface area contributed by atoms with Crippen molar-refractivity contribution < 1.29 is 0 Å². The Balaban J connectivity index is 1.67. The number of hydrogen-bond donors (Lipinski definition) is 2. The van der Waals surface area contributed by atoms with E-state index in [9.17, 15) is 0 Å². The van der Waals surface area contributed by atoms with Gasteiger partial charge in [-0.15, -0.1) is 0 Å². The molecule has 2 aromatic carbocycles. The van der Waals surface area contributed by atoms with Gasteiger partial charge in [0.15, 0.2) is 0 Å². The molecule has 2 aromatic heterocycles. The van der Waals surface area contributed by atoms with E-state index >= 15 is 0 Å². The third kappa shape index (κ3) is 3.83. The number of aryl methyl sites for hydroxylation is 2. The lowest BCUT2D eigenvalue weighted by molar-refractivity contribution is 1.11. The number of nitrogens with one attached hydrogen (secondary N) is 2. The molecule has 0 atom stereocenters. The van der Waals surface area contributed by atoms with Gasteiger partial charge in [-0.3, -0.25) is 4.98 Å². The molecule has 0 amide bonds. The lowest BCUT2D eigenvalue weighted by Gasteiger charge is -2.12. The number of fused-ring (bicyclic) bond motifs is 1. The highest BCUT2D eigenvalue weighted by molar-refractivity contribution is 6.30. The summed E-state index contributed by atoms with van der Waals surface area (Å²) in [4.78, 5) is 13.6. The summed E-state index contributed by atoms with van der Waals surface area (Å²) in [5, 5.41) is 8.35. The minimum Gasteiger partial charge on any atom is -0.340 e. The van der Waals surface area contributed by atoms with Gasteiger partial charge in [0.2, 0.25) is 5.95 Å². The Morgan fingerprint density at radius 1 is 0.852 bits per heavy atom. The van der Waals surface area contributed by atoms with E-state index in [1.807, 2.05) is 68.4 Å². The molecule has 134 valence electrons. The van der Waals surface area contributed by atoms with Gasteiger partial charge in [0.1, 0.15) is 5.82 Å². The monoisotopic (exact) mass is 375 g/mol. The molecule has 4 aromatic rings. The van der Waals surface area contributed by atoms with E-state index in [-0.39, 0.29) is 0 Å². The predicted molar refractivity (Wildman–Crippen MR) is 111 cm³/mol. The smallest absolute Gasteiger partial charge is 0.229 e. The summed E-state index contributed by atoms with van der Waals surface area (Å²) < 4.78 is 0. The van der Waals surface area contributed by atoms with Crippen molar-refractivity contribution in [2.24, 2.45) is 0 Å². The molecular formula is C21H18ClN5. The van der Waals surface area contributed by atoms with Gasteiger partial charge in [-0.25, -0.2) is 4.98 Å². The fourth-order valence-corrected chi connectivity index (χ4v) is 3.05. The first-order valence-corrected chi connectivity index (χ1v) is 8.96. The number of nitrogens with zero attached hydrogens (tertiary/aromatic N) is 3. The molecule has 0 unspecified atom stereocenters. The highest BCUT2D eigenvalue weighted by atomic mass is 35.5. The number of hydrogen-bond acceptors (Lipinski definition) is 5. The van der Waals surface area contributed by atoms with Crippen LogP contribution in [-0.4, -0.2) is 15.0 Å². The molecule has 0 saturated carbocycles. The van der Waals surface area contributed by atoms with Crippen LogP contribution in [0.1, 0.15) is 11.3 Å². The zero-order valence-corrected chi connectivity index (χ0v) is 15.7. The topological polar surface area (TPSA) is 62.7 Å². The Labute approximate surface area is 162 Å². The van der Waals surface area contributed by atoms with Gasteiger partial charge in [0.05, 0.1) is 11.2 Å². The Morgan fingerprint density at radius 3 is 2.59 bits per heavy atom. The highest BCUT2D eigenvalue weighted by Gasteiger charge is 2.08. The first-order chi connectivity index (χ1) is 13.1. The maximum Gasteiger partial charge on any atom is 0.229 e. The second-order valence-electron chi connectivity index (χ2n) is 6.31. The largest absolute Gasteiger partial charge is 0.340 e. The van der Waals surface area contributed by atoms with E-state index in [2.05, 4.69) is 25.6 Å². The summed E-state index contributed by atoms with van der Waals surface area (Å²) in [5.41, 5.74) is 4.60. The SMILES string of the molecule is Cc1cc(Nc2cc(Cl)ccc2C)nc(Nc2cccc3cccnc23)n1. The number of halogens is 1. The van der Waals surface area contributed by atoms with Crippen molar-refractivity contribution in [1.29, 1.82) is 0 Å². The number of anilines is 4. The summed E-state index contributed by atoms with van der Waals surface area (Å²) in [7, 11) is 0. The lowest BCUT2D eigenvalue weighted by Crippen LogP contribution is -2.03. The van der Waals surface area contributed by atoms with E-state index < -0.39 is 0 Å². The Kier molecular flexibility index (Phi) is 4.60. The second kappa shape index (κ2) is 7.21. The Bertz CT molecular complexity index is 1120.